The third kappa shape index (κ3) is 7.20. The third-order valence-corrected chi connectivity index (χ3v) is 15.0. The highest BCUT2D eigenvalue weighted by Crippen LogP contribution is 2.60. The molecule has 348 valence electrons. The number of benzene rings is 11. The molecular formula is C69H48F2N2. The lowest BCUT2D eigenvalue weighted by Gasteiger charge is -2.35. The Bertz CT molecular complexity index is 4060. The van der Waals surface area contributed by atoms with Crippen molar-refractivity contribution in [2.45, 2.75) is 18.8 Å². The summed E-state index contributed by atoms with van der Waals surface area (Å²) in [4.78, 5) is 2.08. The predicted molar refractivity (Wildman–Crippen MR) is 299 cm³/mol. The van der Waals surface area contributed by atoms with E-state index in [1.165, 1.54) is 33.9 Å². The first-order valence-electron chi connectivity index (χ1n) is 24.9. The average molecular weight is 943 g/mol. The molecule has 13 rings (SSSR count). The van der Waals surface area contributed by atoms with Crippen molar-refractivity contribution < 1.29 is 8.78 Å². The van der Waals surface area contributed by atoms with E-state index >= 15 is 8.78 Å². The van der Waals surface area contributed by atoms with Crippen molar-refractivity contribution >= 4 is 61.3 Å². The summed E-state index contributed by atoms with van der Waals surface area (Å²) in [5.74, 6) is -0.558. The van der Waals surface area contributed by atoms with Crippen LogP contribution in [0.25, 0.3) is 61.0 Å². The van der Waals surface area contributed by atoms with Gasteiger partial charge in [0.2, 0.25) is 0 Å². The SMILES string of the molecule is Cc1ccccc1/C(=C\c1ccc2c(c1)C(c1ccccc1)(c1ccccc1)c1cc(N(c3ccccc3)c3ccccc3F)c3ccccc3c1-2)Cc1ccc2c(c1)c1ccccc1n2-c1ccccc1F. The molecule has 0 aliphatic heterocycles. The number of aromatic nitrogens is 1. The molecule has 1 aliphatic carbocycles. The average Bonchev–Trinajstić information content (AvgIpc) is 3.93. The number of fused-ring (bicyclic) bond motifs is 8. The lowest BCUT2D eigenvalue weighted by atomic mass is 9.67. The zero-order chi connectivity index (χ0) is 49.0. The fourth-order valence-corrected chi connectivity index (χ4v) is 11.8. The number of allylic oxidation sites excluding steroid dienone is 1. The van der Waals surface area contributed by atoms with Gasteiger partial charge in [-0.2, -0.15) is 0 Å². The Morgan fingerprint density at radius 3 is 1.81 bits per heavy atom. The summed E-state index contributed by atoms with van der Waals surface area (Å²) in [7, 11) is 0. The maximum Gasteiger partial charge on any atom is 0.147 e. The van der Waals surface area contributed by atoms with E-state index in [-0.39, 0.29) is 11.6 Å². The van der Waals surface area contributed by atoms with Crippen LogP contribution in [0, 0.1) is 18.6 Å². The second-order valence-corrected chi connectivity index (χ2v) is 19.1. The highest BCUT2D eigenvalue weighted by Gasteiger charge is 2.47. The van der Waals surface area contributed by atoms with Gasteiger partial charge in [-0.15, -0.1) is 0 Å². The van der Waals surface area contributed by atoms with Crippen LogP contribution in [0.2, 0.25) is 0 Å². The van der Waals surface area contributed by atoms with Gasteiger partial charge in [0.15, 0.2) is 0 Å². The fourth-order valence-electron chi connectivity index (χ4n) is 11.8. The summed E-state index contributed by atoms with van der Waals surface area (Å²) in [6, 6.07) is 87.5. The van der Waals surface area contributed by atoms with Gasteiger partial charge in [-0.25, -0.2) is 8.78 Å². The van der Waals surface area contributed by atoms with Crippen LogP contribution in [0.1, 0.15) is 44.5 Å². The number of anilines is 3. The van der Waals surface area contributed by atoms with E-state index in [1.807, 2.05) is 53.1 Å². The molecule has 0 saturated carbocycles. The molecule has 1 heterocycles. The standard InChI is InChI=1S/C69H48F2N2/c1-46-21-11-12-28-53(46)49(41-47-38-40-64-58(43-47)55-30-15-18-34-63(55)73(64)66-36-20-17-33-62(66)71)42-48-37-39-57-59(44-48)69(50-22-5-2-6-23-50,51-24-7-3-8-25-51)60-45-67(54-29-13-14-31-56(54)68(57)60)72(52-26-9-4-10-27-52)65-35-19-16-32-61(65)70/h2-40,42-45H,41H2,1H3/b49-42-. The van der Waals surface area contributed by atoms with E-state index in [0.29, 0.717) is 17.8 Å². The number of para-hydroxylation sites is 4. The largest absolute Gasteiger partial charge is 0.307 e. The second kappa shape index (κ2) is 17.9. The van der Waals surface area contributed by atoms with Gasteiger partial charge < -0.3 is 9.47 Å². The normalized spacial score (nSPS) is 12.8. The van der Waals surface area contributed by atoms with Crippen LogP contribution in [0.4, 0.5) is 25.8 Å². The van der Waals surface area contributed by atoms with Gasteiger partial charge in [0, 0.05) is 21.8 Å². The first-order valence-corrected chi connectivity index (χ1v) is 24.9. The summed E-state index contributed by atoms with van der Waals surface area (Å²) >= 11 is 0. The monoisotopic (exact) mass is 942 g/mol. The molecule has 0 bridgehead atoms. The minimum absolute atomic E-state index is 0.259. The van der Waals surface area contributed by atoms with Gasteiger partial charge >= 0.3 is 0 Å². The van der Waals surface area contributed by atoms with Crippen molar-refractivity contribution in [3.8, 4) is 16.8 Å². The van der Waals surface area contributed by atoms with E-state index in [4.69, 9.17) is 0 Å². The molecule has 0 N–H and O–H groups in total. The summed E-state index contributed by atoms with van der Waals surface area (Å²) < 4.78 is 33.9. The summed E-state index contributed by atoms with van der Waals surface area (Å²) in [6.07, 6.45) is 3.04. The molecule has 1 aliphatic rings. The molecule has 11 aromatic carbocycles. The Balaban J connectivity index is 1.04. The maximum absolute atomic E-state index is 16.4. The molecule has 4 heteroatoms. The van der Waals surface area contributed by atoms with E-state index in [1.54, 1.807) is 18.2 Å². The lowest BCUT2D eigenvalue weighted by Crippen LogP contribution is -2.29. The van der Waals surface area contributed by atoms with Gasteiger partial charge in [0.1, 0.15) is 11.6 Å². The number of nitrogens with zero attached hydrogens (tertiary/aromatic N) is 2. The number of aryl methyl sites for hydroxylation is 1. The fraction of sp³-hybridized carbons (Fsp3) is 0.0435. The van der Waals surface area contributed by atoms with Crippen LogP contribution in [-0.4, -0.2) is 4.57 Å². The Kier molecular flexibility index (Phi) is 10.8. The van der Waals surface area contributed by atoms with Crippen LogP contribution in [0.5, 0.6) is 0 Å². The molecule has 2 nitrogen and oxygen atoms in total. The summed E-state index contributed by atoms with van der Waals surface area (Å²) in [5, 5.41) is 4.28. The molecule has 0 radical (unpaired) electrons. The molecule has 1 aromatic heterocycles. The minimum Gasteiger partial charge on any atom is -0.307 e. The first-order chi connectivity index (χ1) is 36.0. The van der Waals surface area contributed by atoms with E-state index < -0.39 is 5.41 Å². The van der Waals surface area contributed by atoms with E-state index in [0.717, 1.165) is 77.3 Å². The van der Waals surface area contributed by atoms with Crippen LogP contribution < -0.4 is 4.90 Å². The first kappa shape index (κ1) is 43.9. The molecule has 73 heavy (non-hydrogen) atoms. The molecule has 0 atom stereocenters. The van der Waals surface area contributed by atoms with Crippen molar-refractivity contribution in [3.63, 3.8) is 0 Å². The van der Waals surface area contributed by atoms with Gasteiger partial charge in [0.25, 0.3) is 0 Å². The van der Waals surface area contributed by atoms with Gasteiger partial charge in [0.05, 0.1) is 33.5 Å². The van der Waals surface area contributed by atoms with Crippen LogP contribution >= 0.6 is 0 Å². The quantitative estimate of drug-likeness (QED) is 0.124. The molecule has 0 spiro atoms. The number of halogens is 2. The molecule has 0 amide bonds. The van der Waals surface area contributed by atoms with Crippen LogP contribution in [0.15, 0.2) is 255 Å². The summed E-state index contributed by atoms with van der Waals surface area (Å²) in [5.41, 5.74) is 16.7. The highest BCUT2D eigenvalue weighted by molar-refractivity contribution is 6.12. The predicted octanol–water partition coefficient (Wildman–Crippen LogP) is 18.1. The number of hydrogen-bond donors (Lipinski definition) is 0. The van der Waals surface area contributed by atoms with Crippen molar-refractivity contribution in [3.05, 3.63) is 311 Å². The Morgan fingerprint density at radius 2 is 1.08 bits per heavy atom. The zero-order valence-electron chi connectivity index (χ0n) is 40.2. The lowest BCUT2D eigenvalue weighted by molar-refractivity contribution is 0.621. The molecule has 0 saturated heterocycles. The van der Waals surface area contributed by atoms with Gasteiger partial charge in [-0.1, -0.05) is 194 Å². The Hall–Kier alpha value is -9.12. The van der Waals surface area contributed by atoms with Gasteiger partial charge in [-0.05, 0) is 147 Å². The van der Waals surface area contributed by atoms with Crippen molar-refractivity contribution in [2.75, 3.05) is 4.90 Å². The van der Waals surface area contributed by atoms with E-state index in [2.05, 4.69) is 200 Å². The molecule has 0 unspecified atom stereocenters. The Labute approximate surface area is 424 Å². The third-order valence-electron chi connectivity index (χ3n) is 15.0. The number of rotatable bonds is 10. The molecular weight excluding hydrogens is 895 g/mol. The molecule has 12 aromatic rings. The van der Waals surface area contributed by atoms with Crippen molar-refractivity contribution in [1.82, 2.24) is 4.57 Å². The Morgan fingerprint density at radius 1 is 0.479 bits per heavy atom. The van der Waals surface area contributed by atoms with E-state index in [9.17, 15) is 0 Å². The zero-order valence-corrected chi connectivity index (χ0v) is 40.2. The summed E-state index contributed by atoms with van der Waals surface area (Å²) in [6.45, 7) is 2.19. The maximum atomic E-state index is 16.4. The number of hydrogen-bond acceptors (Lipinski definition) is 1. The topological polar surface area (TPSA) is 8.17 Å². The smallest absolute Gasteiger partial charge is 0.147 e. The van der Waals surface area contributed by atoms with Gasteiger partial charge in [-0.3, -0.25) is 0 Å². The second-order valence-electron chi connectivity index (χ2n) is 19.1. The molecule has 0 fully saturated rings. The van der Waals surface area contributed by atoms with Crippen molar-refractivity contribution in [2.24, 2.45) is 0 Å². The minimum atomic E-state index is -0.770. The van der Waals surface area contributed by atoms with Crippen LogP contribution in [0.3, 0.4) is 0 Å². The van der Waals surface area contributed by atoms with Crippen molar-refractivity contribution in [1.29, 1.82) is 0 Å². The van der Waals surface area contributed by atoms with Crippen LogP contribution in [-0.2, 0) is 11.8 Å². The highest BCUT2D eigenvalue weighted by atomic mass is 19.1.